The zero-order valence-electron chi connectivity index (χ0n) is 13.6. The molecule has 0 amide bonds. The van der Waals surface area contributed by atoms with Gasteiger partial charge >= 0.3 is 0 Å². The molecule has 120 valence electrons. The monoisotopic (exact) mass is 303 g/mol. The Balaban J connectivity index is 1.86. The van der Waals surface area contributed by atoms with Crippen molar-refractivity contribution in [2.45, 2.75) is 44.8 Å². The Bertz CT molecular complexity index is 672. The Kier molecular flexibility index (Phi) is 3.87. The SMILES string of the molecule is Cn1c(CCC(C)(C)O)nc2cc(N3CCC(O)C3)ccc21. The molecule has 1 unspecified atom stereocenters. The number of aliphatic hydroxyl groups is 2. The molecular formula is C17H25N3O2. The first kappa shape index (κ1) is 15.3. The van der Waals surface area contributed by atoms with E-state index in [2.05, 4.69) is 27.7 Å². The molecule has 1 aromatic carbocycles. The minimum atomic E-state index is -0.672. The van der Waals surface area contributed by atoms with Gasteiger partial charge < -0.3 is 19.7 Å². The lowest BCUT2D eigenvalue weighted by Gasteiger charge is -2.17. The zero-order chi connectivity index (χ0) is 15.9. The van der Waals surface area contributed by atoms with Crippen LogP contribution < -0.4 is 4.90 Å². The molecular weight excluding hydrogens is 278 g/mol. The van der Waals surface area contributed by atoms with Gasteiger partial charge in [0.2, 0.25) is 0 Å². The molecule has 2 N–H and O–H groups in total. The van der Waals surface area contributed by atoms with Gasteiger partial charge in [-0.25, -0.2) is 4.98 Å². The molecule has 1 fully saturated rings. The van der Waals surface area contributed by atoms with Crippen LogP contribution in [0.3, 0.4) is 0 Å². The zero-order valence-corrected chi connectivity index (χ0v) is 13.6. The van der Waals surface area contributed by atoms with Gasteiger partial charge in [0.05, 0.1) is 22.7 Å². The van der Waals surface area contributed by atoms with Crippen LogP contribution in [0.1, 0.15) is 32.5 Å². The minimum Gasteiger partial charge on any atom is -0.391 e. The molecule has 1 aromatic heterocycles. The van der Waals surface area contributed by atoms with Gasteiger partial charge in [-0.15, -0.1) is 0 Å². The standard InChI is InChI=1S/C17H25N3O2/c1-17(2,22)8-6-16-18-14-10-12(4-5-15(14)19(16)3)20-9-7-13(21)11-20/h4-5,10,13,21-22H,6-9,11H2,1-3H3. The van der Waals surface area contributed by atoms with E-state index in [9.17, 15) is 10.2 Å². The number of anilines is 1. The number of hydrogen-bond acceptors (Lipinski definition) is 4. The van der Waals surface area contributed by atoms with Gasteiger partial charge in [0.1, 0.15) is 5.82 Å². The number of imidazole rings is 1. The van der Waals surface area contributed by atoms with Gasteiger partial charge in [0, 0.05) is 32.2 Å². The van der Waals surface area contributed by atoms with Crippen LogP contribution in [-0.4, -0.2) is 44.6 Å². The van der Waals surface area contributed by atoms with Crippen LogP contribution in [0, 0.1) is 0 Å². The van der Waals surface area contributed by atoms with Crippen molar-refractivity contribution in [3.05, 3.63) is 24.0 Å². The number of hydrogen-bond donors (Lipinski definition) is 2. The normalized spacial score (nSPS) is 19.3. The van der Waals surface area contributed by atoms with Crippen molar-refractivity contribution in [3.63, 3.8) is 0 Å². The molecule has 1 aliphatic rings. The highest BCUT2D eigenvalue weighted by Crippen LogP contribution is 2.26. The molecule has 0 saturated carbocycles. The van der Waals surface area contributed by atoms with E-state index >= 15 is 0 Å². The lowest BCUT2D eigenvalue weighted by atomic mass is 10.0. The molecule has 5 nitrogen and oxygen atoms in total. The van der Waals surface area contributed by atoms with E-state index < -0.39 is 5.60 Å². The van der Waals surface area contributed by atoms with Crippen molar-refractivity contribution in [1.82, 2.24) is 9.55 Å². The van der Waals surface area contributed by atoms with E-state index in [0.717, 1.165) is 41.9 Å². The maximum atomic E-state index is 9.89. The molecule has 1 saturated heterocycles. The van der Waals surface area contributed by atoms with Crippen LogP contribution in [0.2, 0.25) is 0 Å². The largest absolute Gasteiger partial charge is 0.391 e. The smallest absolute Gasteiger partial charge is 0.109 e. The molecule has 1 aliphatic heterocycles. The minimum absolute atomic E-state index is 0.221. The number of aromatic nitrogens is 2. The number of rotatable bonds is 4. The second-order valence-corrected chi connectivity index (χ2v) is 6.96. The van der Waals surface area contributed by atoms with Gasteiger partial charge in [0.15, 0.2) is 0 Å². The Hall–Kier alpha value is -1.59. The van der Waals surface area contributed by atoms with Crippen molar-refractivity contribution in [1.29, 1.82) is 0 Å². The quantitative estimate of drug-likeness (QED) is 0.905. The summed E-state index contributed by atoms with van der Waals surface area (Å²) in [5.74, 6) is 0.996. The van der Waals surface area contributed by atoms with Crippen LogP contribution in [0.25, 0.3) is 11.0 Å². The summed E-state index contributed by atoms with van der Waals surface area (Å²) in [7, 11) is 2.02. The van der Waals surface area contributed by atoms with Crippen LogP contribution in [-0.2, 0) is 13.5 Å². The Labute approximate surface area is 131 Å². The summed E-state index contributed by atoms with van der Waals surface area (Å²) in [5.41, 5.74) is 2.53. The first-order chi connectivity index (χ1) is 10.3. The molecule has 1 atom stereocenters. The Morgan fingerprint density at radius 3 is 2.77 bits per heavy atom. The number of fused-ring (bicyclic) bond motifs is 1. The van der Waals surface area contributed by atoms with Gasteiger partial charge in [-0.05, 0) is 44.9 Å². The summed E-state index contributed by atoms with van der Waals surface area (Å²) in [4.78, 5) is 6.93. The van der Waals surface area contributed by atoms with Crippen molar-refractivity contribution in [3.8, 4) is 0 Å². The average Bonchev–Trinajstić information content (AvgIpc) is 3.00. The summed E-state index contributed by atoms with van der Waals surface area (Å²) in [6.45, 7) is 5.24. The molecule has 0 bridgehead atoms. The first-order valence-electron chi connectivity index (χ1n) is 7.94. The van der Waals surface area contributed by atoms with E-state index in [-0.39, 0.29) is 6.10 Å². The second kappa shape index (κ2) is 5.56. The van der Waals surface area contributed by atoms with Crippen LogP contribution in [0.5, 0.6) is 0 Å². The summed E-state index contributed by atoms with van der Waals surface area (Å²) in [6, 6.07) is 6.29. The van der Waals surface area contributed by atoms with E-state index in [4.69, 9.17) is 4.98 Å². The molecule has 22 heavy (non-hydrogen) atoms. The predicted octanol–water partition coefficient (Wildman–Crippen LogP) is 1.85. The molecule has 0 spiro atoms. The number of nitrogens with zero attached hydrogens (tertiary/aromatic N) is 3. The molecule has 2 heterocycles. The van der Waals surface area contributed by atoms with Gasteiger partial charge in [0.25, 0.3) is 0 Å². The number of benzene rings is 1. The topological polar surface area (TPSA) is 61.5 Å². The highest BCUT2D eigenvalue weighted by Gasteiger charge is 2.21. The highest BCUT2D eigenvalue weighted by atomic mass is 16.3. The first-order valence-corrected chi connectivity index (χ1v) is 7.94. The predicted molar refractivity (Wildman–Crippen MR) is 88.2 cm³/mol. The third-order valence-electron chi connectivity index (χ3n) is 4.45. The fourth-order valence-electron chi connectivity index (χ4n) is 3.05. The average molecular weight is 303 g/mol. The van der Waals surface area contributed by atoms with Crippen molar-refractivity contribution >= 4 is 16.7 Å². The highest BCUT2D eigenvalue weighted by molar-refractivity contribution is 5.80. The van der Waals surface area contributed by atoms with E-state index in [1.807, 2.05) is 20.9 Å². The molecule has 2 aromatic rings. The van der Waals surface area contributed by atoms with E-state index in [1.165, 1.54) is 0 Å². The van der Waals surface area contributed by atoms with Crippen molar-refractivity contribution < 1.29 is 10.2 Å². The third kappa shape index (κ3) is 3.10. The lowest BCUT2D eigenvalue weighted by Crippen LogP contribution is -2.20. The van der Waals surface area contributed by atoms with Crippen LogP contribution >= 0.6 is 0 Å². The fraction of sp³-hybridized carbons (Fsp3) is 0.588. The van der Waals surface area contributed by atoms with Crippen LogP contribution in [0.4, 0.5) is 5.69 Å². The van der Waals surface area contributed by atoms with Crippen LogP contribution in [0.15, 0.2) is 18.2 Å². The Morgan fingerprint density at radius 2 is 2.14 bits per heavy atom. The maximum absolute atomic E-state index is 9.89. The molecule has 0 radical (unpaired) electrons. The van der Waals surface area contributed by atoms with E-state index in [1.54, 1.807) is 0 Å². The number of aliphatic hydroxyl groups excluding tert-OH is 1. The van der Waals surface area contributed by atoms with Gasteiger partial charge in [-0.3, -0.25) is 0 Å². The summed E-state index contributed by atoms with van der Waals surface area (Å²) in [6.07, 6.45) is 2.06. The van der Waals surface area contributed by atoms with E-state index in [0.29, 0.717) is 13.0 Å². The maximum Gasteiger partial charge on any atom is 0.109 e. The van der Waals surface area contributed by atoms with Gasteiger partial charge in [-0.2, -0.15) is 0 Å². The summed E-state index contributed by atoms with van der Waals surface area (Å²) >= 11 is 0. The van der Waals surface area contributed by atoms with Gasteiger partial charge in [-0.1, -0.05) is 0 Å². The molecule has 5 heteroatoms. The second-order valence-electron chi connectivity index (χ2n) is 6.96. The summed E-state index contributed by atoms with van der Waals surface area (Å²) in [5, 5.41) is 19.6. The fourth-order valence-corrected chi connectivity index (χ4v) is 3.05. The van der Waals surface area contributed by atoms with Crippen molar-refractivity contribution in [2.24, 2.45) is 7.05 Å². The summed E-state index contributed by atoms with van der Waals surface area (Å²) < 4.78 is 2.10. The Morgan fingerprint density at radius 1 is 1.36 bits per heavy atom. The number of β-amino-alcohol motifs (C(OH)–C–C–N with tert-alkyl or cyclic N) is 1. The molecule has 0 aliphatic carbocycles. The number of aryl methyl sites for hydroxylation is 2. The van der Waals surface area contributed by atoms with Crippen molar-refractivity contribution in [2.75, 3.05) is 18.0 Å². The lowest BCUT2D eigenvalue weighted by molar-refractivity contribution is 0.0707. The third-order valence-corrected chi connectivity index (χ3v) is 4.45. The molecule has 3 rings (SSSR count).